The van der Waals surface area contributed by atoms with E-state index < -0.39 is 11.5 Å². The van der Waals surface area contributed by atoms with Crippen LogP contribution in [0.1, 0.15) is 10.4 Å². The van der Waals surface area contributed by atoms with E-state index in [9.17, 15) is 9.59 Å². The Morgan fingerprint density at radius 1 is 1.26 bits per heavy atom. The molecule has 0 aliphatic rings. The van der Waals surface area contributed by atoms with Crippen LogP contribution in [0.2, 0.25) is 0 Å². The summed E-state index contributed by atoms with van der Waals surface area (Å²) in [5.74, 6) is 0.0463. The Bertz CT molecular complexity index is 1040. The van der Waals surface area contributed by atoms with Gasteiger partial charge in [-0.05, 0) is 71.2 Å². The first-order chi connectivity index (χ1) is 11.0. The van der Waals surface area contributed by atoms with E-state index in [0.717, 1.165) is 8.14 Å². The Kier molecular flexibility index (Phi) is 4.31. The van der Waals surface area contributed by atoms with Crippen molar-refractivity contribution in [2.24, 2.45) is 0 Å². The zero-order chi connectivity index (χ0) is 16.6. The van der Waals surface area contributed by atoms with Crippen molar-refractivity contribution in [1.82, 2.24) is 9.55 Å². The minimum absolute atomic E-state index is 0.0662. The molecule has 5 nitrogen and oxygen atoms in total. The predicted octanol–water partition coefficient (Wildman–Crippen LogP) is 3.36. The molecule has 0 radical (unpaired) electrons. The number of carbonyl (C=O) groups is 1. The van der Waals surface area contributed by atoms with E-state index in [1.807, 2.05) is 6.07 Å². The van der Waals surface area contributed by atoms with Gasteiger partial charge in [0.05, 0.1) is 18.0 Å². The van der Waals surface area contributed by atoms with Crippen LogP contribution in [0.25, 0.3) is 10.9 Å². The fraction of sp³-hybridized carbons (Fsp3) is 0.0625. The maximum absolute atomic E-state index is 12.7. The number of aromatic nitrogens is 2. The normalized spacial score (nSPS) is 10.7. The van der Waals surface area contributed by atoms with Crippen LogP contribution >= 0.6 is 34.8 Å². The third kappa shape index (κ3) is 2.93. The maximum Gasteiger partial charge on any atom is 0.269 e. The summed E-state index contributed by atoms with van der Waals surface area (Å²) in [4.78, 5) is 28.3. The van der Waals surface area contributed by atoms with E-state index in [4.69, 9.17) is 17.0 Å². The highest BCUT2D eigenvalue weighted by Gasteiger charge is 2.15. The molecular weight excluding hydrogens is 427 g/mol. The second-order valence-corrected chi connectivity index (χ2v) is 6.43. The Morgan fingerprint density at radius 2 is 2.04 bits per heavy atom. The van der Waals surface area contributed by atoms with Gasteiger partial charge in [0.15, 0.2) is 4.77 Å². The third-order valence-electron chi connectivity index (χ3n) is 3.38. The molecule has 0 aliphatic heterocycles. The number of hydrogen-bond donors (Lipinski definition) is 1. The Hall–Kier alpha value is -2.00. The molecule has 0 unspecified atom stereocenters. The van der Waals surface area contributed by atoms with Crippen LogP contribution in [0.4, 0.5) is 0 Å². The summed E-state index contributed by atoms with van der Waals surface area (Å²) in [6, 6.07) is 12.0. The van der Waals surface area contributed by atoms with Gasteiger partial charge < -0.3 is 9.72 Å². The lowest BCUT2D eigenvalue weighted by atomic mass is 10.2. The molecule has 0 bridgehead atoms. The number of H-pyrrole nitrogens is 1. The van der Waals surface area contributed by atoms with E-state index in [1.54, 1.807) is 36.4 Å². The zero-order valence-electron chi connectivity index (χ0n) is 12.0. The highest BCUT2D eigenvalue weighted by molar-refractivity contribution is 14.1. The molecule has 0 aliphatic carbocycles. The van der Waals surface area contributed by atoms with E-state index >= 15 is 0 Å². The lowest BCUT2D eigenvalue weighted by molar-refractivity contribution is 0.0953. The first-order valence-corrected chi connectivity index (χ1v) is 8.13. The van der Waals surface area contributed by atoms with Crippen LogP contribution in [-0.2, 0) is 0 Å². The van der Waals surface area contributed by atoms with Gasteiger partial charge in [-0.25, -0.2) is 4.57 Å². The number of fused-ring (bicyclic) bond motifs is 1. The summed E-state index contributed by atoms with van der Waals surface area (Å²) in [6.07, 6.45) is 0. The molecule has 2 aromatic carbocycles. The lowest BCUT2D eigenvalue weighted by Crippen LogP contribution is -2.29. The van der Waals surface area contributed by atoms with Gasteiger partial charge in [-0.15, -0.1) is 0 Å². The molecule has 0 fully saturated rings. The number of rotatable bonds is 2. The number of halogens is 1. The van der Waals surface area contributed by atoms with Crippen molar-refractivity contribution in [3.63, 3.8) is 0 Å². The fourth-order valence-corrected chi connectivity index (χ4v) is 3.02. The average Bonchev–Trinajstić information content (AvgIpc) is 2.55. The number of aromatic amines is 1. The van der Waals surface area contributed by atoms with Crippen molar-refractivity contribution in [1.29, 1.82) is 0 Å². The maximum atomic E-state index is 12.7. The first-order valence-electron chi connectivity index (χ1n) is 6.64. The second kappa shape index (κ2) is 6.25. The summed E-state index contributed by atoms with van der Waals surface area (Å²) in [7, 11) is 1.51. The molecule has 23 heavy (non-hydrogen) atoms. The number of nitrogens with zero attached hydrogens (tertiary/aromatic N) is 1. The van der Waals surface area contributed by atoms with Gasteiger partial charge in [0, 0.05) is 9.13 Å². The monoisotopic (exact) mass is 438 g/mol. The number of carbonyl (C=O) groups excluding carboxylic acids is 1. The minimum Gasteiger partial charge on any atom is -0.497 e. The molecule has 1 aromatic heterocycles. The van der Waals surface area contributed by atoms with E-state index in [-0.39, 0.29) is 4.77 Å². The number of hydrogen-bond acceptors (Lipinski definition) is 4. The van der Waals surface area contributed by atoms with Gasteiger partial charge in [-0.1, -0.05) is 6.07 Å². The fourth-order valence-electron chi connectivity index (χ4n) is 2.26. The largest absolute Gasteiger partial charge is 0.497 e. The predicted molar refractivity (Wildman–Crippen MR) is 98.8 cm³/mol. The summed E-state index contributed by atoms with van der Waals surface area (Å²) >= 11 is 7.30. The standard InChI is InChI=1S/C16H11IN2O3S/c1-22-11-4-2-3-9(7-11)14(20)19-15(21)12-8-10(17)5-6-13(12)18-16(19)23/h2-8H,1H3,(H,18,23). The number of ether oxygens (including phenoxy) is 1. The Balaban J connectivity index is 2.25. The smallest absolute Gasteiger partial charge is 0.269 e. The first kappa shape index (κ1) is 15.9. The van der Waals surface area contributed by atoms with Crippen LogP contribution in [-0.4, -0.2) is 22.6 Å². The number of nitrogens with one attached hydrogen (secondary N) is 1. The molecule has 0 spiro atoms. The summed E-state index contributed by atoms with van der Waals surface area (Å²) in [5.41, 5.74) is 0.501. The summed E-state index contributed by atoms with van der Waals surface area (Å²) < 4.78 is 7.05. The van der Waals surface area contributed by atoms with Gasteiger partial charge in [0.1, 0.15) is 5.75 Å². The highest BCUT2D eigenvalue weighted by Crippen LogP contribution is 2.15. The van der Waals surface area contributed by atoms with Crippen molar-refractivity contribution >= 4 is 51.6 Å². The van der Waals surface area contributed by atoms with Crippen molar-refractivity contribution < 1.29 is 9.53 Å². The van der Waals surface area contributed by atoms with Gasteiger partial charge in [0.2, 0.25) is 0 Å². The van der Waals surface area contributed by atoms with Crippen molar-refractivity contribution in [2.75, 3.05) is 7.11 Å². The molecule has 0 saturated heterocycles. The highest BCUT2D eigenvalue weighted by atomic mass is 127. The molecule has 3 rings (SSSR count). The lowest BCUT2D eigenvalue weighted by Gasteiger charge is -2.08. The summed E-state index contributed by atoms with van der Waals surface area (Å²) in [6.45, 7) is 0. The van der Waals surface area contributed by atoms with E-state index in [0.29, 0.717) is 22.2 Å². The van der Waals surface area contributed by atoms with Gasteiger partial charge >= 0.3 is 0 Å². The van der Waals surface area contributed by atoms with Crippen LogP contribution in [0.3, 0.4) is 0 Å². The molecule has 0 atom stereocenters. The molecule has 1 N–H and O–H groups in total. The Morgan fingerprint density at radius 3 is 2.78 bits per heavy atom. The van der Waals surface area contributed by atoms with Crippen molar-refractivity contribution in [2.45, 2.75) is 0 Å². The molecule has 3 aromatic rings. The van der Waals surface area contributed by atoms with Crippen LogP contribution < -0.4 is 10.3 Å². The van der Waals surface area contributed by atoms with Gasteiger partial charge in [-0.2, -0.15) is 0 Å². The summed E-state index contributed by atoms with van der Waals surface area (Å²) in [5, 5.41) is 0.418. The van der Waals surface area contributed by atoms with Crippen molar-refractivity contribution in [3.05, 3.63) is 66.7 Å². The van der Waals surface area contributed by atoms with Crippen LogP contribution in [0.15, 0.2) is 47.3 Å². The van der Waals surface area contributed by atoms with Crippen LogP contribution in [0.5, 0.6) is 5.75 Å². The minimum atomic E-state index is -0.490. The molecule has 116 valence electrons. The quantitative estimate of drug-likeness (QED) is 0.493. The third-order valence-corrected chi connectivity index (χ3v) is 4.34. The van der Waals surface area contributed by atoms with Gasteiger partial charge in [0.25, 0.3) is 11.5 Å². The number of methoxy groups -OCH3 is 1. The van der Waals surface area contributed by atoms with Crippen LogP contribution in [0, 0.1) is 8.34 Å². The molecular formula is C16H11IN2O3S. The van der Waals surface area contributed by atoms with E-state index in [2.05, 4.69) is 27.6 Å². The van der Waals surface area contributed by atoms with E-state index in [1.165, 1.54) is 7.11 Å². The second-order valence-electron chi connectivity index (χ2n) is 4.80. The molecule has 0 amide bonds. The molecule has 0 saturated carbocycles. The molecule has 1 heterocycles. The average molecular weight is 438 g/mol. The topological polar surface area (TPSA) is 64.1 Å². The zero-order valence-corrected chi connectivity index (χ0v) is 15.0. The SMILES string of the molecule is COc1cccc(C(=O)n2c(=S)[nH]c3ccc(I)cc3c2=O)c1. The molecule has 7 heteroatoms. The number of benzene rings is 2. The van der Waals surface area contributed by atoms with Gasteiger partial charge in [-0.3, -0.25) is 9.59 Å². The Labute approximate surface area is 150 Å². The van der Waals surface area contributed by atoms with Crippen molar-refractivity contribution in [3.8, 4) is 5.75 Å².